The molecule has 0 N–H and O–H groups in total. The average molecular weight is 501 g/mol. The van der Waals surface area contributed by atoms with E-state index in [2.05, 4.69) is 30.9 Å². The van der Waals surface area contributed by atoms with Crippen molar-refractivity contribution in [1.82, 2.24) is 15.0 Å². The third-order valence-electron chi connectivity index (χ3n) is 5.58. The fourth-order valence-electron chi connectivity index (χ4n) is 3.33. The van der Waals surface area contributed by atoms with Gasteiger partial charge in [-0.2, -0.15) is 4.98 Å². The summed E-state index contributed by atoms with van der Waals surface area (Å²) in [4.78, 5) is 18.7. The van der Waals surface area contributed by atoms with Crippen LogP contribution in [0, 0.1) is 0 Å². The molecule has 0 saturated heterocycles. The molecule has 3 aromatic rings. The molecule has 0 aliphatic rings. The first-order chi connectivity index (χ1) is 16.3. The minimum Gasteiger partial charge on any atom is -0.481 e. The summed E-state index contributed by atoms with van der Waals surface area (Å²) >= 11 is 0. The number of benzene rings is 2. The highest BCUT2D eigenvalue weighted by Gasteiger charge is 2.22. The van der Waals surface area contributed by atoms with Gasteiger partial charge in [0.15, 0.2) is 6.10 Å². The van der Waals surface area contributed by atoms with Crippen molar-refractivity contribution in [3.8, 4) is 17.1 Å². The van der Waals surface area contributed by atoms with Crippen molar-refractivity contribution in [3.63, 3.8) is 0 Å². The molecule has 35 heavy (non-hydrogen) atoms. The van der Waals surface area contributed by atoms with Crippen molar-refractivity contribution >= 4 is 21.6 Å². The molecule has 1 amide bonds. The van der Waals surface area contributed by atoms with Crippen LogP contribution in [0.1, 0.15) is 39.1 Å². The second-order valence-corrected chi connectivity index (χ2v) is 11.5. The number of hydrogen-bond acceptors (Lipinski definition) is 7. The van der Waals surface area contributed by atoms with Crippen molar-refractivity contribution in [3.05, 3.63) is 60.0 Å². The Labute approximate surface area is 206 Å². The minimum atomic E-state index is -3.36. The Bertz CT molecular complexity index is 1260. The Balaban J connectivity index is 1.60. The third-order valence-corrected chi connectivity index (χ3v) is 6.79. The van der Waals surface area contributed by atoms with Crippen LogP contribution >= 0.6 is 0 Å². The van der Waals surface area contributed by atoms with Gasteiger partial charge in [0, 0.05) is 19.7 Å². The molecule has 1 atom stereocenters. The Morgan fingerprint density at radius 1 is 1.06 bits per heavy atom. The zero-order valence-corrected chi connectivity index (χ0v) is 22.0. The molecular formula is C25H32N4O5S. The van der Waals surface area contributed by atoms with Gasteiger partial charge in [0.1, 0.15) is 5.75 Å². The first-order valence-electron chi connectivity index (χ1n) is 11.1. The third kappa shape index (κ3) is 6.60. The highest BCUT2D eigenvalue weighted by molar-refractivity contribution is 7.92. The smallest absolute Gasteiger partial charge is 0.263 e. The Hall–Kier alpha value is -3.40. The van der Waals surface area contributed by atoms with Crippen LogP contribution in [0.3, 0.4) is 0 Å². The lowest BCUT2D eigenvalue weighted by Crippen LogP contribution is -2.37. The number of amides is 1. The first kappa shape index (κ1) is 26.2. The SMILES string of the molecule is C[C@H](Oc1ccc(N(C)S(C)(=O)=O)cc1)C(=O)N(C)Cc1nc(-c2ccc(C(C)(C)C)cc2)no1. The van der Waals surface area contributed by atoms with Crippen LogP contribution in [0.4, 0.5) is 5.69 Å². The number of hydrogen-bond donors (Lipinski definition) is 0. The molecule has 1 aromatic heterocycles. The number of likely N-dealkylation sites (N-methyl/N-ethyl adjacent to an activating group) is 1. The van der Waals surface area contributed by atoms with E-state index < -0.39 is 16.1 Å². The minimum absolute atomic E-state index is 0.0529. The van der Waals surface area contributed by atoms with Crippen LogP contribution in [0.2, 0.25) is 0 Å². The number of sulfonamides is 1. The molecule has 0 aliphatic heterocycles. The van der Waals surface area contributed by atoms with Gasteiger partial charge in [-0.25, -0.2) is 8.42 Å². The van der Waals surface area contributed by atoms with Gasteiger partial charge < -0.3 is 14.2 Å². The van der Waals surface area contributed by atoms with E-state index in [-0.39, 0.29) is 17.9 Å². The summed E-state index contributed by atoms with van der Waals surface area (Å²) in [7, 11) is -0.257. The molecule has 9 nitrogen and oxygen atoms in total. The predicted octanol–water partition coefficient (Wildman–Crippen LogP) is 3.86. The van der Waals surface area contributed by atoms with Crippen LogP contribution in [-0.2, 0) is 26.8 Å². The highest BCUT2D eigenvalue weighted by atomic mass is 32.2. The predicted molar refractivity (Wildman–Crippen MR) is 135 cm³/mol. The van der Waals surface area contributed by atoms with Crippen LogP contribution < -0.4 is 9.04 Å². The van der Waals surface area contributed by atoms with Crippen LogP contribution in [0.15, 0.2) is 53.1 Å². The molecule has 2 aromatic carbocycles. The molecule has 0 bridgehead atoms. The zero-order chi connectivity index (χ0) is 26.0. The van der Waals surface area contributed by atoms with E-state index in [9.17, 15) is 13.2 Å². The average Bonchev–Trinajstić information content (AvgIpc) is 3.26. The van der Waals surface area contributed by atoms with Gasteiger partial charge in [-0.05, 0) is 42.2 Å². The topological polar surface area (TPSA) is 106 Å². The van der Waals surface area contributed by atoms with E-state index in [1.54, 1.807) is 38.2 Å². The summed E-state index contributed by atoms with van der Waals surface area (Å²) in [5, 5.41) is 4.04. The summed E-state index contributed by atoms with van der Waals surface area (Å²) in [5.74, 6) is 0.959. The number of nitrogens with zero attached hydrogens (tertiary/aromatic N) is 4. The lowest BCUT2D eigenvalue weighted by molar-refractivity contribution is -0.137. The molecule has 3 rings (SSSR count). The first-order valence-corrected chi connectivity index (χ1v) is 13.0. The Morgan fingerprint density at radius 2 is 1.66 bits per heavy atom. The van der Waals surface area contributed by atoms with E-state index in [1.165, 1.54) is 17.5 Å². The number of anilines is 1. The number of carbonyl (C=O) groups excluding carboxylic acids is 1. The van der Waals surface area contributed by atoms with E-state index in [0.717, 1.165) is 16.1 Å². The second kappa shape index (κ2) is 10.1. The summed E-state index contributed by atoms with van der Waals surface area (Å²) in [6.07, 6.45) is 0.356. The summed E-state index contributed by atoms with van der Waals surface area (Å²) in [6.45, 7) is 8.24. The quantitative estimate of drug-likeness (QED) is 0.462. The monoisotopic (exact) mass is 500 g/mol. The van der Waals surface area contributed by atoms with Gasteiger partial charge in [0.05, 0.1) is 18.5 Å². The van der Waals surface area contributed by atoms with Gasteiger partial charge in [-0.3, -0.25) is 9.10 Å². The molecule has 0 radical (unpaired) electrons. The van der Waals surface area contributed by atoms with E-state index in [1.807, 2.05) is 24.3 Å². The van der Waals surface area contributed by atoms with Crippen molar-refractivity contribution in [2.75, 3.05) is 24.7 Å². The molecule has 0 spiro atoms. The molecule has 0 fully saturated rings. The van der Waals surface area contributed by atoms with E-state index >= 15 is 0 Å². The van der Waals surface area contributed by atoms with Crippen molar-refractivity contribution in [2.24, 2.45) is 0 Å². The standard InChI is InChI=1S/C25H32N4O5S/c1-17(33-21-14-12-20(13-15-21)29(6)35(7,31)32)24(30)28(5)16-22-26-23(27-34-22)18-8-10-19(11-9-18)25(2,3)4/h8-15,17H,16H2,1-7H3/t17-/m0/s1. The Kier molecular flexibility index (Phi) is 7.54. The number of carbonyl (C=O) groups is 1. The molecule has 188 valence electrons. The Morgan fingerprint density at radius 3 is 2.20 bits per heavy atom. The largest absolute Gasteiger partial charge is 0.481 e. The maximum absolute atomic E-state index is 12.8. The van der Waals surface area contributed by atoms with Crippen LogP contribution in [0.25, 0.3) is 11.4 Å². The van der Waals surface area contributed by atoms with E-state index in [0.29, 0.717) is 23.2 Å². The second-order valence-electron chi connectivity index (χ2n) is 9.52. The van der Waals surface area contributed by atoms with Gasteiger partial charge in [-0.1, -0.05) is 50.2 Å². The summed E-state index contributed by atoms with van der Waals surface area (Å²) < 4.78 is 35.6. The maximum atomic E-state index is 12.8. The lowest BCUT2D eigenvalue weighted by Gasteiger charge is -2.21. The zero-order valence-electron chi connectivity index (χ0n) is 21.1. The fraction of sp³-hybridized carbons (Fsp3) is 0.400. The van der Waals surface area contributed by atoms with Crippen molar-refractivity contribution in [1.29, 1.82) is 0 Å². The molecule has 0 saturated carbocycles. The normalized spacial score (nSPS) is 12.8. The molecule has 1 heterocycles. The van der Waals surface area contributed by atoms with Crippen LogP contribution in [0.5, 0.6) is 5.75 Å². The van der Waals surface area contributed by atoms with E-state index in [4.69, 9.17) is 9.26 Å². The van der Waals surface area contributed by atoms with Gasteiger partial charge in [0.25, 0.3) is 5.91 Å². The summed E-state index contributed by atoms with van der Waals surface area (Å²) in [5.41, 5.74) is 2.60. The van der Waals surface area contributed by atoms with Crippen LogP contribution in [-0.4, -0.2) is 55.8 Å². The highest BCUT2D eigenvalue weighted by Crippen LogP contribution is 2.25. The molecule has 10 heteroatoms. The molecular weight excluding hydrogens is 468 g/mol. The number of rotatable bonds is 8. The lowest BCUT2D eigenvalue weighted by atomic mass is 9.87. The number of aromatic nitrogens is 2. The summed E-state index contributed by atoms with van der Waals surface area (Å²) in [6, 6.07) is 14.5. The molecule has 0 unspecified atom stereocenters. The van der Waals surface area contributed by atoms with Gasteiger partial charge in [-0.15, -0.1) is 0 Å². The van der Waals surface area contributed by atoms with Gasteiger partial charge >= 0.3 is 0 Å². The maximum Gasteiger partial charge on any atom is 0.263 e. The van der Waals surface area contributed by atoms with Crippen molar-refractivity contribution in [2.45, 2.75) is 45.8 Å². The number of ether oxygens (including phenoxy) is 1. The van der Waals surface area contributed by atoms with Gasteiger partial charge in [0.2, 0.25) is 21.7 Å². The fourth-order valence-corrected chi connectivity index (χ4v) is 3.83. The van der Waals surface area contributed by atoms with Crippen molar-refractivity contribution < 1.29 is 22.5 Å². The molecule has 0 aliphatic carbocycles.